The number of ether oxygens (including phenoxy) is 1. The lowest BCUT2D eigenvalue weighted by Crippen LogP contribution is -2.27. The van der Waals surface area contributed by atoms with Crippen LogP contribution in [0.25, 0.3) is 0 Å². The quantitative estimate of drug-likeness (QED) is 0.376. The van der Waals surface area contributed by atoms with E-state index < -0.39 is 26.9 Å². The number of nitro benzene ring substituents is 1. The first-order valence-corrected chi connectivity index (χ1v) is 11.4. The van der Waals surface area contributed by atoms with Crippen LogP contribution in [0.3, 0.4) is 0 Å². The summed E-state index contributed by atoms with van der Waals surface area (Å²) in [6.45, 7) is 3.39. The average molecular weight is 470 g/mol. The van der Waals surface area contributed by atoms with Crippen LogP contribution in [-0.4, -0.2) is 26.4 Å². The Morgan fingerprint density at radius 1 is 1.06 bits per heavy atom. The molecule has 0 aliphatic carbocycles. The second-order valence-electron chi connectivity index (χ2n) is 7.36. The molecule has 0 bridgehead atoms. The highest BCUT2D eigenvalue weighted by molar-refractivity contribution is 7.92. The van der Waals surface area contributed by atoms with Gasteiger partial charge in [0.05, 0.1) is 23.0 Å². The van der Waals surface area contributed by atoms with E-state index in [1.807, 2.05) is 0 Å². The van der Waals surface area contributed by atoms with Gasteiger partial charge in [-0.25, -0.2) is 8.42 Å². The zero-order valence-corrected chi connectivity index (χ0v) is 19.0. The van der Waals surface area contributed by atoms with Gasteiger partial charge in [-0.3, -0.25) is 19.6 Å². The van der Waals surface area contributed by atoms with E-state index in [2.05, 4.69) is 10.0 Å². The number of non-ortho nitro benzene ring substituents is 1. The lowest BCUT2D eigenvalue weighted by Gasteiger charge is -2.16. The topological polar surface area (TPSA) is 128 Å². The smallest absolute Gasteiger partial charge is 0.269 e. The minimum absolute atomic E-state index is 0.0722. The lowest BCUT2D eigenvalue weighted by molar-refractivity contribution is -0.384. The number of hydrogen-bond donors (Lipinski definition) is 2. The molecule has 1 atom stereocenters. The molecule has 9 nitrogen and oxygen atoms in total. The molecule has 0 spiro atoms. The first-order valence-electron chi connectivity index (χ1n) is 9.93. The van der Waals surface area contributed by atoms with Crippen LogP contribution in [-0.2, 0) is 10.0 Å². The Balaban J connectivity index is 1.81. The molecule has 2 N–H and O–H groups in total. The van der Waals surface area contributed by atoms with Crippen molar-refractivity contribution in [3.63, 3.8) is 0 Å². The van der Waals surface area contributed by atoms with Gasteiger partial charge in [-0.1, -0.05) is 18.2 Å². The van der Waals surface area contributed by atoms with Gasteiger partial charge in [0.2, 0.25) is 0 Å². The van der Waals surface area contributed by atoms with Gasteiger partial charge in [0.25, 0.3) is 21.6 Å². The second kappa shape index (κ2) is 9.70. The van der Waals surface area contributed by atoms with E-state index in [1.165, 1.54) is 31.4 Å². The lowest BCUT2D eigenvalue weighted by atomic mass is 10.1. The predicted octanol–water partition coefficient (Wildman–Crippen LogP) is 4.20. The number of rotatable bonds is 8. The number of nitrogens with one attached hydrogen (secondary N) is 2. The van der Waals surface area contributed by atoms with Crippen molar-refractivity contribution in [3.8, 4) is 5.75 Å². The normalized spacial score (nSPS) is 12.0. The molecule has 0 aromatic heterocycles. The number of nitrogens with zero attached hydrogens (tertiary/aromatic N) is 1. The Kier molecular flexibility index (Phi) is 6.98. The summed E-state index contributed by atoms with van der Waals surface area (Å²) in [5.41, 5.74) is 1.59. The van der Waals surface area contributed by atoms with Crippen LogP contribution in [0.5, 0.6) is 5.75 Å². The molecule has 172 valence electrons. The molecular weight excluding hydrogens is 446 g/mol. The standard InChI is InChI=1S/C23H23N3O6S/c1-15-7-12-21(33(30,31)25-18-8-10-20(32-3)11-9-18)14-22(15)23(27)24-16(2)17-5-4-6-19(13-17)26(28)29/h4-14,16,25H,1-3H3,(H,24,27). The number of carbonyl (C=O) groups is 1. The third-order valence-electron chi connectivity index (χ3n) is 5.03. The Morgan fingerprint density at radius 2 is 1.76 bits per heavy atom. The van der Waals surface area contributed by atoms with Crippen LogP contribution in [0.2, 0.25) is 0 Å². The molecule has 0 aliphatic rings. The average Bonchev–Trinajstić information content (AvgIpc) is 2.79. The molecule has 1 amide bonds. The number of amides is 1. The fourth-order valence-electron chi connectivity index (χ4n) is 3.15. The number of nitro groups is 1. The third-order valence-corrected chi connectivity index (χ3v) is 6.41. The van der Waals surface area contributed by atoms with Crippen molar-refractivity contribution in [3.05, 3.63) is 93.5 Å². The van der Waals surface area contributed by atoms with Crippen molar-refractivity contribution in [2.24, 2.45) is 0 Å². The van der Waals surface area contributed by atoms with Gasteiger partial charge in [0, 0.05) is 23.4 Å². The number of benzene rings is 3. The zero-order valence-electron chi connectivity index (χ0n) is 18.2. The number of anilines is 1. The summed E-state index contributed by atoms with van der Waals surface area (Å²) < 4.78 is 33.2. The Labute approximate surface area is 191 Å². The number of hydrogen-bond acceptors (Lipinski definition) is 6. The molecule has 0 radical (unpaired) electrons. The number of sulfonamides is 1. The number of methoxy groups -OCH3 is 1. The molecule has 33 heavy (non-hydrogen) atoms. The van der Waals surface area contributed by atoms with Crippen molar-refractivity contribution in [1.29, 1.82) is 0 Å². The van der Waals surface area contributed by atoms with Gasteiger partial charge in [-0.2, -0.15) is 0 Å². The molecule has 3 aromatic rings. The molecule has 10 heteroatoms. The zero-order chi connectivity index (χ0) is 24.2. The van der Waals surface area contributed by atoms with Gasteiger partial charge in [-0.15, -0.1) is 0 Å². The molecule has 0 fully saturated rings. The fourth-order valence-corrected chi connectivity index (χ4v) is 4.24. The molecule has 0 aliphatic heterocycles. The SMILES string of the molecule is COc1ccc(NS(=O)(=O)c2ccc(C)c(C(=O)NC(C)c3cccc([N+](=O)[O-])c3)c2)cc1. The van der Waals surface area contributed by atoms with Crippen molar-refractivity contribution in [2.75, 3.05) is 11.8 Å². The summed E-state index contributed by atoms with van der Waals surface area (Å²) in [6, 6.07) is 16.1. The van der Waals surface area contributed by atoms with E-state index in [9.17, 15) is 23.3 Å². The van der Waals surface area contributed by atoms with Gasteiger partial charge < -0.3 is 10.1 Å². The van der Waals surface area contributed by atoms with Gasteiger partial charge in [-0.05, 0) is 61.4 Å². The summed E-state index contributed by atoms with van der Waals surface area (Å²) in [5, 5.41) is 13.8. The van der Waals surface area contributed by atoms with Crippen molar-refractivity contribution < 1.29 is 22.9 Å². The van der Waals surface area contributed by atoms with Crippen LogP contribution in [0, 0.1) is 17.0 Å². The van der Waals surface area contributed by atoms with Crippen molar-refractivity contribution >= 4 is 27.3 Å². The van der Waals surface area contributed by atoms with Gasteiger partial charge >= 0.3 is 0 Å². The number of carbonyl (C=O) groups excluding carboxylic acids is 1. The summed E-state index contributed by atoms with van der Waals surface area (Å²) in [7, 11) is -2.44. The monoisotopic (exact) mass is 469 g/mol. The molecule has 3 aromatic carbocycles. The van der Waals surface area contributed by atoms with E-state index in [0.717, 1.165) is 0 Å². The summed E-state index contributed by atoms with van der Waals surface area (Å²) in [4.78, 5) is 23.3. The van der Waals surface area contributed by atoms with Crippen molar-refractivity contribution in [2.45, 2.75) is 24.8 Å². The summed E-state index contributed by atoms with van der Waals surface area (Å²) in [6.07, 6.45) is 0. The molecule has 0 saturated heterocycles. The fraction of sp³-hybridized carbons (Fsp3) is 0.174. The van der Waals surface area contributed by atoms with Crippen LogP contribution in [0.1, 0.15) is 34.5 Å². The van der Waals surface area contributed by atoms with Crippen LogP contribution in [0.4, 0.5) is 11.4 Å². The highest BCUT2D eigenvalue weighted by atomic mass is 32.2. The van der Waals surface area contributed by atoms with E-state index in [1.54, 1.807) is 56.3 Å². The van der Waals surface area contributed by atoms with E-state index in [4.69, 9.17) is 4.74 Å². The number of aryl methyl sites for hydroxylation is 1. The maximum absolute atomic E-state index is 12.9. The molecule has 0 saturated carbocycles. The Hall–Kier alpha value is -3.92. The van der Waals surface area contributed by atoms with E-state index in [-0.39, 0.29) is 16.1 Å². The molecule has 0 heterocycles. The molecule has 3 rings (SSSR count). The largest absolute Gasteiger partial charge is 0.497 e. The Morgan fingerprint density at radius 3 is 2.39 bits per heavy atom. The summed E-state index contributed by atoms with van der Waals surface area (Å²) >= 11 is 0. The minimum atomic E-state index is -3.95. The van der Waals surface area contributed by atoms with Crippen LogP contribution >= 0.6 is 0 Å². The second-order valence-corrected chi connectivity index (χ2v) is 9.04. The maximum Gasteiger partial charge on any atom is 0.269 e. The van der Waals surface area contributed by atoms with Gasteiger partial charge in [0.15, 0.2) is 0 Å². The molecule has 1 unspecified atom stereocenters. The maximum atomic E-state index is 12.9. The minimum Gasteiger partial charge on any atom is -0.497 e. The first-order chi connectivity index (χ1) is 15.6. The van der Waals surface area contributed by atoms with Gasteiger partial charge in [0.1, 0.15) is 5.75 Å². The van der Waals surface area contributed by atoms with E-state index in [0.29, 0.717) is 22.6 Å². The van der Waals surface area contributed by atoms with Crippen LogP contribution in [0.15, 0.2) is 71.6 Å². The first kappa shape index (κ1) is 23.7. The third kappa shape index (κ3) is 5.66. The van der Waals surface area contributed by atoms with Crippen molar-refractivity contribution in [1.82, 2.24) is 5.32 Å². The van der Waals surface area contributed by atoms with Crippen LogP contribution < -0.4 is 14.8 Å². The predicted molar refractivity (Wildman–Crippen MR) is 124 cm³/mol. The van der Waals surface area contributed by atoms with E-state index >= 15 is 0 Å². The highest BCUT2D eigenvalue weighted by Gasteiger charge is 2.20. The Bertz CT molecular complexity index is 1290. The summed E-state index contributed by atoms with van der Waals surface area (Å²) in [5.74, 6) is 0.0955. The molecular formula is C23H23N3O6S. The highest BCUT2D eigenvalue weighted by Crippen LogP contribution is 2.23.